The standard InChI is InChI=1S/C17H26N2O2/c1-3-13(2)15-6-4-5-7-16(15)19-17(20)18-12-14-8-10-21-11-9-14/h4-7,13-14H,3,8-12H2,1-2H3,(H2,18,19,20). The lowest BCUT2D eigenvalue weighted by Crippen LogP contribution is -2.35. The molecule has 116 valence electrons. The van der Waals surface area contributed by atoms with Gasteiger partial charge in [-0.3, -0.25) is 0 Å². The zero-order valence-electron chi connectivity index (χ0n) is 13.0. The fraction of sp³-hybridized carbons (Fsp3) is 0.588. The summed E-state index contributed by atoms with van der Waals surface area (Å²) >= 11 is 0. The van der Waals surface area contributed by atoms with Gasteiger partial charge >= 0.3 is 6.03 Å². The van der Waals surface area contributed by atoms with Crippen LogP contribution in [0.1, 0.15) is 44.6 Å². The quantitative estimate of drug-likeness (QED) is 0.867. The maximum atomic E-state index is 12.1. The number of hydrogen-bond acceptors (Lipinski definition) is 2. The topological polar surface area (TPSA) is 50.4 Å². The van der Waals surface area contributed by atoms with Gasteiger partial charge in [0.15, 0.2) is 0 Å². The van der Waals surface area contributed by atoms with Crippen molar-refractivity contribution in [2.75, 3.05) is 25.1 Å². The fourth-order valence-electron chi connectivity index (χ4n) is 2.61. The first kappa shape index (κ1) is 15.8. The molecule has 1 unspecified atom stereocenters. The smallest absolute Gasteiger partial charge is 0.319 e. The molecular weight excluding hydrogens is 264 g/mol. The Labute approximate surface area is 127 Å². The molecule has 1 atom stereocenters. The molecule has 0 bridgehead atoms. The van der Waals surface area contributed by atoms with Gasteiger partial charge in [-0.15, -0.1) is 0 Å². The molecule has 2 amide bonds. The molecule has 1 aliphatic heterocycles. The van der Waals surface area contributed by atoms with Crippen LogP contribution in [-0.2, 0) is 4.74 Å². The van der Waals surface area contributed by atoms with Crippen molar-refractivity contribution in [1.29, 1.82) is 0 Å². The summed E-state index contributed by atoms with van der Waals surface area (Å²) in [7, 11) is 0. The fourth-order valence-corrected chi connectivity index (χ4v) is 2.61. The molecule has 1 aromatic rings. The van der Waals surface area contributed by atoms with Crippen molar-refractivity contribution in [2.24, 2.45) is 5.92 Å². The number of hydrogen-bond donors (Lipinski definition) is 2. The largest absolute Gasteiger partial charge is 0.381 e. The Kier molecular flexibility index (Phi) is 6.05. The van der Waals surface area contributed by atoms with Gasteiger partial charge < -0.3 is 15.4 Å². The van der Waals surface area contributed by atoms with Gasteiger partial charge in [0.05, 0.1) is 0 Å². The highest BCUT2D eigenvalue weighted by atomic mass is 16.5. The van der Waals surface area contributed by atoms with E-state index in [1.165, 1.54) is 5.56 Å². The predicted octanol–water partition coefficient (Wildman–Crippen LogP) is 3.75. The van der Waals surface area contributed by atoms with Crippen LogP contribution in [0.15, 0.2) is 24.3 Å². The summed E-state index contributed by atoms with van der Waals surface area (Å²) in [6.45, 7) is 6.68. The van der Waals surface area contributed by atoms with Gasteiger partial charge in [0.1, 0.15) is 0 Å². The summed E-state index contributed by atoms with van der Waals surface area (Å²) in [6.07, 6.45) is 3.12. The Morgan fingerprint density at radius 2 is 2.05 bits per heavy atom. The summed E-state index contributed by atoms with van der Waals surface area (Å²) < 4.78 is 5.33. The van der Waals surface area contributed by atoms with E-state index in [1.54, 1.807) is 0 Å². The Balaban J connectivity index is 1.87. The van der Waals surface area contributed by atoms with Crippen LogP contribution < -0.4 is 10.6 Å². The van der Waals surface area contributed by atoms with Crippen molar-refractivity contribution in [3.63, 3.8) is 0 Å². The molecule has 0 spiro atoms. The van der Waals surface area contributed by atoms with E-state index in [0.717, 1.165) is 44.7 Å². The first-order chi connectivity index (χ1) is 10.2. The minimum Gasteiger partial charge on any atom is -0.381 e. The molecule has 0 saturated carbocycles. The monoisotopic (exact) mass is 290 g/mol. The normalized spacial score (nSPS) is 17.2. The maximum absolute atomic E-state index is 12.1. The second kappa shape index (κ2) is 8.03. The highest BCUT2D eigenvalue weighted by Gasteiger charge is 2.15. The van der Waals surface area contributed by atoms with E-state index >= 15 is 0 Å². The summed E-state index contributed by atoms with van der Waals surface area (Å²) in [5.74, 6) is 0.978. The third kappa shape index (κ3) is 4.74. The molecule has 0 radical (unpaired) electrons. The lowest BCUT2D eigenvalue weighted by Gasteiger charge is -2.22. The third-order valence-corrected chi connectivity index (χ3v) is 4.24. The van der Waals surface area contributed by atoms with E-state index in [1.807, 2.05) is 18.2 Å². The molecule has 2 N–H and O–H groups in total. The van der Waals surface area contributed by atoms with Gasteiger partial charge in [-0.2, -0.15) is 0 Å². The van der Waals surface area contributed by atoms with Crippen molar-refractivity contribution in [1.82, 2.24) is 5.32 Å². The van der Waals surface area contributed by atoms with Crippen molar-refractivity contribution in [2.45, 2.75) is 39.0 Å². The summed E-state index contributed by atoms with van der Waals surface area (Å²) in [4.78, 5) is 12.1. The summed E-state index contributed by atoms with van der Waals surface area (Å²) in [6, 6.07) is 7.92. The number of nitrogens with one attached hydrogen (secondary N) is 2. The van der Waals surface area contributed by atoms with E-state index in [4.69, 9.17) is 4.74 Å². The van der Waals surface area contributed by atoms with Crippen LogP contribution in [0.4, 0.5) is 10.5 Å². The molecule has 1 aliphatic rings. The number of anilines is 1. The Bertz CT molecular complexity index is 456. The third-order valence-electron chi connectivity index (χ3n) is 4.24. The van der Waals surface area contributed by atoms with E-state index in [2.05, 4.69) is 30.5 Å². The molecule has 1 fully saturated rings. The first-order valence-electron chi connectivity index (χ1n) is 7.92. The van der Waals surface area contributed by atoms with Crippen LogP contribution in [-0.4, -0.2) is 25.8 Å². The van der Waals surface area contributed by atoms with E-state index in [9.17, 15) is 4.79 Å². The highest BCUT2D eigenvalue weighted by Crippen LogP contribution is 2.26. The predicted molar refractivity (Wildman–Crippen MR) is 85.7 cm³/mol. The molecule has 2 rings (SSSR count). The van der Waals surface area contributed by atoms with Crippen LogP contribution in [0, 0.1) is 5.92 Å². The van der Waals surface area contributed by atoms with Crippen LogP contribution in [0.3, 0.4) is 0 Å². The highest BCUT2D eigenvalue weighted by molar-refractivity contribution is 5.90. The zero-order valence-corrected chi connectivity index (χ0v) is 13.0. The molecule has 0 aromatic heterocycles. The summed E-state index contributed by atoms with van der Waals surface area (Å²) in [5, 5.41) is 5.96. The van der Waals surface area contributed by atoms with Gasteiger partial charge in [0.2, 0.25) is 0 Å². The Morgan fingerprint density at radius 1 is 1.33 bits per heavy atom. The van der Waals surface area contributed by atoms with E-state index in [-0.39, 0.29) is 6.03 Å². The van der Waals surface area contributed by atoms with Gasteiger partial charge in [0.25, 0.3) is 0 Å². The van der Waals surface area contributed by atoms with Crippen LogP contribution in [0.25, 0.3) is 0 Å². The Morgan fingerprint density at radius 3 is 2.76 bits per heavy atom. The molecule has 21 heavy (non-hydrogen) atoms. The molecule has 1 saturated heterocycles. The minimum absolute atomic E-state index is 0.114. The maximum Gasteiger partial charge on any atom is 0.319 e. The number of ether oxygens (including phenoxy) is 1. The summed E-state index contributed by atoms with van der Waals surface area (Å²) in [5.41, 5.74) is 2.11. The van der Waals surface area contributed by atoms with Crippen LogP contribution >= 0.6 is 0 Å². The van der Waals surface area contributed by atoms with Gasteiger partial charge in [0, 0.05) is 25.4 Å². The Hall–Kier alpha value is -1.55. The molecule has 0 aliphatic carbocycles. The number of carbonyl (C=O) groups is 1. The molecular formula is C17H26N2O2. The van der Waals surface area contributed by atoms with E-state index in [0.29, 0.717) is 11.8 Å². The average molecular weight is 290 g/mol. The van der Waals surface area contributed by atoms with Crippen molar-refractivity contribution >= 4 is 11.7 Å². The van der Waals surface area contributed by atoms with Crippen molar-refractivity contribution in [3.05, 3.63) is 29.8 Å². The molecule has 1 aromatic carbocycles. The number of benzene rings is 1. The van der Waals surface area contributed by atoms with Gasteiger partial charge in [-0.1, -0.05) is 32.0 Å². The molecule has 4 nitrogen and oxygen atoms in total. The lowest BCUT2D eigenvalue weighted by molar-refractivity contribution is 0.0671. The average Bonchev–Trinajstić information content (AvgIpc) is 2.54. The molecule has 1 heterocycles. The first-order valence-corrected chi connectivity index (χ1v) is 7.92. The number of para-hydroxylation sites is 1. The molecule has 4 heteroatoms. The van der Waals surface area contributed by atoms with Crippen molar-refractivity contribution < 1.29 is 9.53 Å². The van der Waals surface area contributed by atoms with Crippen LogP contribution in [0.2, 0.25) is 0 Å². The number of carbonyl (C=O) groups excluding carboxylic acids is 1. The van der Waals surface area contributed by atoms with Crippen LogP contribution in [0.5, 0.6) is 0 Å². The van der Waals surface area contributed by atoms with E-state index < -0.39 is 0 Å². The number of urea groups is 1. The number of rotatable bonds is 5. The van der Waals surface area contributed by atoms with Crippen molar-refractivity contribution in [3.8, 4) is 0 Å². The number of amides is 2. The van der Waals surface area contributed by atoms with Gasteiger partial charge in [-0.25, -0.2) is 4.79 Å². The SMILES string of the molecule is CCC(C)c1ccccc1NC(=O)NCC1CCOCC1. The lowest BCUT2D eigenvalue weighted by atomic mass is 9.97. The van der Waals surface area contributed by atoms with Gasteiger partial charge in [-0.05, 0) is 42.7 Å². The second-order valence-electron chi connectivity index (χ2n) is 5.79. The zero-order chi connectivity index (χ0) is 15.1. The second-order valence-corrected chi connectivity index (χ2v) is 5.79. The minimum atomic E-state index is -0.114.